The van der Waals surface area contributed by atoms with E-state index in [0.29, 0.717) is 24.8 Å². The Morgan fingerprint density at radius 2 is 1.57 bits per heavy atom. The summed E-state index contributed by atoms with van der Waals surface area (Å²) in [6.07, 6.45) is 1.91. The molecule has 2 fully saturated rings. The fourth-order valence-corrected chi connectivity index (χ4v) is 9.54. The number of thioether (sulfide) groups is 2. The van der Waals surface area contributed by atoms with Gasteiger partial charge in [0, 0.05) is 13.0 Å². The first kappa shape index (κ1) is 46.6. The van der Waals surface area contributed by atoms with Crippen molar-refractivity contribution in [3.63, 3.8) is 0 Å². The molecule has 2 aliphatic rings. The second kappa shape index (κ2) is 20.6. The van der Waals surface area contributed by atoms with Crippen molar-refractivity contribution in [3.05, 3.63) is 35.9 Å². The highest BCUT2D eigenvalue weighted by atomic mass is 32.2. The molecule has 5 amide bonds. The summed E-state index contributed by atoms with van der Waals surface area (Å²) >= 11 is 3.40. The number of benzene rings is 1. The summed E-state index contributed by atoms with van der Waals surface area (Å²) in [5.41, 5.74) is -1.09. The van der Waals surface area contributed by atoms with E-state index in [1.165, 1.54) is 4.90 Å². The molecule has 1 spiro atoms. The van der Waals surface area contributed by atoms with E-state index in [2.05, 4.69) is 21.3 Å². The Labute approximate surface area is 339 Å². The molecule has 0 saturated carbocycles. The summed E-state index contributed by atoms with van der Waals surface area (Å²) in [7, 11) is 0. The minimum Gasteiger partial charge on any atom is -0.458 e. The quantitative estimate of drug-likeness (QED) is 0.136. The zero-order valence-corrected chi connectivity index (χ0v) is 35.9. The van der Waals surface area contributed by atoms with Gasteiger partial charge in [-0.05, 0) is 62.0 Å². The molecule has 0 aliphatic carbocycles. The summed E-state index contributed by atoms with van der Waals surface area (Å²) in [6.45, 7) is 16.1. The van der Waals surface area contributed by atoms with Crippen LogP contribution in [0.2, 0.25) is 0 Å². The van der Waals surface area contributed by atoms with Gasteiger partial charge in [0.25, 0.3) is 5.91 Å². The Kier molecular flexibility index (Phi) is 17.1. The second-order valence-corrected chi connectivity index (χ2v) is 20.0. The SMILES string of the molecule is CCCCC(NC(=O)[C@@H]1CC2(CN1C(=O)[C@@H](NC(=O)OCC(C)C)C(C)(C)C)SCCCS2)C(=O)C(=O)NCC(=O)NC(C(=O)OC(C)(C)C)c1ccccc1. The van der Waals surface area contributed by atoms with E-state index in [4.69, 9.17) is 9.47 Å². The highest BCUT2D eigenvalue weighted by molar-refractivity contribution is 8.18. The van der Waals surface area contributed by atoms with Crippen LogP contribution in [-0.2, 0) is 38.2 Å². The van der Waals surface area contributed by atoms with E-state index in [1.807, 2.05) is 41.5 Å². The van der Waals surface area contributed by atoms with Crippen molar-refractivity contribution in [2.45, 2.75) is 128 Å². The number of likely N-dealkylation sites (tertiary alicyclic amines) is 1. The van der Waals surface area contributed by atoms with Crippen LogP contribution in [0, 0.1) is 11.3 Å². The average molecular weight is 820 g/mol. The lowest BCUT2D eigenvalue weighted by Gasteiger charge is -2.36. The fraction of sp³-hybridized carbons (Fsp3) is 0.675. The summed E-state index contributed by atoms with van der Waals surface area (Å²) in [6, 6.07) is 4.12. The molecule has 1 aromatic carbocycles. The number of nitrogens with one attached hydrogen (secondary N) is 4. The third-order valence-corrected chi connectivity index (χ3v) is 12.3. The number of carbonyl (C=O) groups excluding carboxylic acids is 7. The number of alkyl carbamates (subject to hydrolysis) is 1. The number of hydrogen-bond donors (Lipinski definition) is 4. The zero-order valence-electron chi connectivity index (χ0n) is 34.3. The van der Waals surface area contributed by atoms with Gasteiger partial charge >= 0.3 is 12.1 Å². The normalized spacial score (nSPS) is 18.3. The summed E-state index contributed by atoms with van der Waals surface area (Å²) in [5.74, 6) is -2.66. The molecule has 56 heavy (non-hydrogen) atoms. The first-order valence-corrected chi connectivity index (χ1v) is 21.3. The maximum atomic E-state index is 14.4. The topological polar surface area (TPSA) is 189 Å². The number of hydrogen-bond acceptors (Lipinski definition) is 11. The summed E-state index contributed by atoms with van der Waals surface area (Å²) in [4.78, 5) is 95.8. The van der Waals surface area contributed by atoms with Crippen LogP contribution in [0.3, 0.4) is 0 Å². The van der Waals surface area contributed by atoms with Gasteiger partial charge in [0.2, 0.25) is 23.5 Å². The summed E-state index contributed by atoms with van der Waals surface area (Å²) < 4.78 is 10.4. The highest BCUT2D eigenvalue weighted by Crippen LogP contribution is 2.50. The smallest absolute Gasteiger partial charge is 0.407 e. The lowest BCUT2D eigenvalue weighted by molar-refractivity contribution is -0.158. The standard InChI is InChI=1S/C40H61N5O9S2/c1-10-11-18-27(31(47)34(49)41-22-29(46)43-30(26-16-13-12-14-17-26)36(51)54-39(7,8)9)42-33(48)28-21-40(55-19-15-20-56-40)24-45(28)35(50)32(38(4,5)6)44-37(52)53-23-25(2)3/h12-14,16-17,25,27-28,30,32H,10-11,15,18-24H2,1-9H3,(H,41,49)(H,42,48)(H,43,46)(H,44,52)/t27?,28-,30?,32+/m0/s1. The van der Waals surface area contributed by atoms with Gasteiger partial charge in [0.15, 0.2) is 6.04 Å². The number of ketones is 1. The second-order valence-electron chi connectivity index (χ2n) is 16.8. The number of carbonyl (C=O) groups is 7. The molecule has 2 saturated heterocycles. The van der Waals surface area contributed by atoms with Gasteiger partial charge < -0.3 is 35.6 Å². The largest absolute Gasteiger partial charge is 0.458 e. The molecule has 2 heterocycles. The van der Waals surface area contributed by atoms with Crippen molar-refractivity contribution in [1.29, 1.82) is 0 Å². The molecule has 312 valence electrons. The maximum Gasteiger partial charge on any atom is 0.407 e. The molecule has 16 heteroatoms. The van der Waals surface area contributed by atoms with E-state index < -0.39 is 87.3 Å². The number of esters is 1. The molecule has 14 nitrogen and oxygen atoms in total. The van der Waals surface area contributed by atoms with Gasteiger partial charge in [0.05, 0.1) is 23.3 Å². The molecule has 0 bridgehead atoms. The minimum absolute atomic E-state index is 0.0927. The fourth-order valence-electron chi connectivity index (χ4n) is 6.19. The number of nitrogens with zero attached hydrogens (tertiary/aromatic N) is 1. The van der Waals surface area contributed by atoms with Crippen molar-refractivity contribution < 1.29 is 43.0 Å². The van der Waals surface area contributed by atoms with Crippen LogP contribution in [0.25, 0.3) is 0 Å². The van der Waals surface area contributed by atoms with E-state index in [1.54, 1.807) is 74.6 Å². The zero-order chi connectivity index (χ0) is 41.8. The highest BCUT2D eigenvalue weighted by Gasteiger charge is 2.53. The third-order valence-electron chi connectivity index (χ3n) is 9.01. The van der Waals surface area contributed by atoms with E-state index >= 15 is 0 Å². The van der Waals surface area contributed by atoms with Crippen LogP contribution in [0.1, 0.15) is 106 Å². The van der Waals surface area contributed by atoms with Gasteiger partial charge in [-0.1, -0.05) is 84.7 Å². The van der Waals surface area contributed by atoms with Crippen LogP contribution >= 0.6 is 23.5 Å². The predicted octanol–water partition coefficient (Wildman–Crippen LogP) is 4.51. The van der Waals surface area contributed by atoms with E-state index in [-0.39, 0.29) is 25.5 Å². The Bertz CT molecular complexity index is 1550. The van der Waals surface area contributed by atoms with Crippen molar-refractivity contribution in [1.82, 2.24) is 26.2 Å². The molecule has 4 N–H and O–H groups in total. The van der Waals surface area contributed by atoms with Crippen LogP contribution in [0.5, 0.6) is 0 Å². The average Bonchev–Trinajstić information content (AvgIpc) is 3.49. The predicted molar refractivity (Wildman–Crippen MR) is 218 cm³/mol. The van der Waals surface area contributed by atoms with Crippen LogP contribution in [-0.4, -0.2) is 105 Å². The van der Waals surface area contributed by atoms with Gasteiger partial charge in [-0.15, -0.1) is 23.5 Å². The van der Waals surface area contributed by atoms with Crippen molar-refractivity contribution in [2.75, 3.05) is 31.2 Å². The first-order chi connectivity index (χ1) is 26.2. The Balaban J connectivity index is 1.78. The molecular formula is C40H61N5O9S2. The van der Waals surface area contributed by atoms with E-state index in [0.717, 1.165) is 17.9 Å². The monoisotopic (exact) mass is 819 g/mol. The molecule has 0 aromatic heterocycles. The Morgan fingerprint density at radius 1 is 0.929 bits per heavy atom. The van der Waals surface area contributed by atoms with Crippen molar-refractivity contribution in [3.8, 4) is 0 Å². The summed E-state index contributed by atoms with van der Waals surface area (Å²) in [5, 5.41) is 10.4. The minimum atomic E-state index is -1.23. The molecule has 2 unspecified atom stereocenters. The first-order valence-electron chi connectivity index (χ1n) is 19.4. The van der Waals surface area contributed by atoms with Crippen LogP contribution < -0.4 is 21.3 Å². The third kappa shape index (κ3) is 14.0. The maximum absolute atomic E-state index is 14.4. The van der Waals surface area contributed by atoms with Crippen molar-refractivity contribution in [2.24, 2.45) is 11.3 Å². The van der Waals surface area contributed by atoms with Crippen LogP contribution in [0.15, 0.2) is 30.3 Å². The molecule has 0 radical (unpaired) electrons. The van der Waals surface area contributed by atoms with Gasteiger partial charge in [-0.2, -0.15) is 0 Å². The molecular weight excluding hydrogens is 759 g/mol. The van der Waals surface area contributed by atoms with Gasteiger partial charge in [0.1, 0.15) is 17.7 Å². The number of ether oxygens (including phenoxy) is 2. The van der Waals surface area contributed by atoms with E-state index in [9.17, 15) is 33.6 Å². The molecule has 1 aromatic rings. The van der Waals surface area contributed by atoms with Gasteiger partial charge in [-0.3, -0.25) is 24.0 Å². The molecule has 2 aliphatic heterocycles. The molecule has 4 atom stereocenters. The number of unbranched alkanes of at least 4 members (excludes halogenated alkanes) is 1. The molecule has 3 rings (SSSR count). The van der Waals surface area contributed by atoms with Crippen LogP contribution in [0.4, 0.5) is 4.79 Å². The lowest BCUT2D eigenvalue weighted by Crippen LogP contribution is -2.59. The number of rotatable bonds is 16. The van der Waals surface area contributed by atoms with Gasteiger partial charge in [-0.25, -0.2) is 9.59 Å². The lowest BCUT2D eigenvalue weighted by atomic mass is 9.85. The Morgan fingerprint density at radius 3 is 2.14 bits per heavy atom. The number of Topliss-reactive ketones (excluding diaryl/α,β-unsaturated/α-hetero) is 1. The van der Waals surface area contributed by atoms with Crippen molar-refractivity contribution >= 4 is 65.0 Å². The number of amides is 5. The Hall–Kier alpha value is -3.79.